The van der Waals surface area contributed by atoms with Crippen LogP contribution in [0.5, 0.6) is 5.95 Å². The summed E-state index contributed by atoms with van der Waals surface area (Å²) in [5.74, 6) is -0.794. The molecule has 1 atom stereocenters. The van der Waals surface area contributed by atoms with Crippen molar-refractivity contribution in [1.82, 2.24) is 9.88 Å². The lowest BCUT2D eigenvalue weighted by Gasteiger charge is -2.23. The molecule has 0 aliphatic carbocycles. The highest BCUT2D eigenvalue weighted by Gasteiger charge is 2.29. The molecule has 0 spiro atoms. The van der Waals surface area contributed by atoms with E-state index in [1.807, 2.05) is 34.6 Å². The zero-order valence-electron chi connectivity index (χ0n) is 19.9. The van der Waals surface area contributed by atoms with E-state index in [0.29, 0.717) is 32.3 Å². The molecular weight excluding hydrogens is 496 g/mol. The Morgan fingerprint density at radius 2 is 1.85 bits per heavy atom. The molecule has 0 amide bonds. The van der Waals surface area contributed by atoms with Crippen LogP contribution in [0.3, 0.4) is 0 Å². The number of halogens is 1. The number of rotatable bonds is 8. The van der Waals surface area contributed by atoms with E-state index in [-0.39, 0.29) is 24.7 Å². The van der Waals surface area contributed by atoms with Crippen molar-refractivity contribution in [2.24, 2.45) is 0 Å². The fraction of sp³-hybridized carbons (Fsp3) is 0.375. The van der Waals surface area contributed by atoms with Gasteiger partial charge in [0.2, 0.25) is 0 Å². The number of nitrogens with one attached hydrogen (secondary N) is 1. The Hall–Kier alpha value is -2.17. The average Bonchev–Trinajstić information content (AvgIpc) is 3.25. The van der Waals surface area contributed by atoms with Crippen LogP contribution >= 0.6 is 22.9 Å². The molecule has 3 rings (SSSR count). The molecule has 0 bridgehead atoms. The standard InChI is InChI=1S/C24H27ClN2O5S2/c1-13-15(3)33-22(19(13)21(29)16-7-9-17(25)10-8-16)20-14(2)27-32-23(20)31-18(28)11-12-26-34(30)24(4,5)6/h7-10,26H,11-12H2,1-6H3/t34-/m1/s1. The lowest BCUT2D eigenvalue weighted by Crippen LogP contribution is -2.40. The van der Waals surface area contributed by atoms with Gasteiger partial charge in [-0.15, -0.1) is 16.1 Å². The maximum absolute atomic E-state index is 13.4. The molecule has 7 nitrogen and oxygen atoms in total. The predicted octanol–water partition coefficient (Wildman–Crippen LogP) is 5.56. The number of benzene rings is 1. The Morgan fingerprint density at radius 3 is 2.47 bits per heavy atom. The van der Waals surface area contributed by atoms with E-state index < -0.39 is 22.1 Å². The fourth-order valence-corrected chi connectivity index (χ4v) is 5.20. The number of ketones is 1. The minimum atomic E-state index is -1.30. The smallest absolute Gasteiger partial charge is 0.327 e. The summed E-state index contributed by atoms with van der Waals surface area (Å²) in [6, 6.07) is 6.69. The van der Waals surface area contributed by atoms with Crippen LogP contribution < -0.4 is 9.46 Å². The molecule has 0 unspecified atom stereocenters. The third-order valence-corrected chi connectivity index (χ3v) is 8.16. The average molecular weight is 523 g/mol. The summed E-state index contributed by atoms with van der Waals surface area (Å²) < 4.78 is 25.3. The summed E-state index contributed by atoms with van der Waals surface area (Å²) in [5, 5.41) is 4.51. The van der Waals surface area contributed by atoms with Crippen LogP contribution in [0, 0.1) is 20.8 Å². The molecule has 0 radical (unpaired) electrons. The molecule has 0 saturated heterocycles. The topological polar surface area (TPSA) is 104 Å². The highest BCUT2D eigenvalue weighted by atomic mass is 35.5. The maximum atomic E-state index is 13.4. The number of nitrogens with zero attached hydrogens (tertiary/aromatic N) is 1. The Morgan fingerprint density at radius 1 is 1.21 bits per heavy atom. The zero-order chi connectivity index (χ0) is 25.2. The van der Waals surface area contributed by atoms with E-state index in [4.69, 9.17) is 20.9 Å². The minimum absolute atomic E-state index is 0.0138. The molecule has 182 valence electrons. The third kappa shape index (κ3) is 5.90. The number of ether oxygens (including phenoxy) is 1. The first-order valence-electron chi connectivity index (χ1n) is 10.6. The van der Waals surface area contributed by atoms with Gasteiger partial charge in [-0.05, 0) is 71.4 Å². The summed E-state index contributed by atoms with van der Waals surface area (Å²) in [7, 11) is 0. The molecule has 1 N–H and O–H groups in total. The number of carbonyl (C=O) groups is 2. The molecule has 1 aromatic carbocycles. The van der Waals surface area contributed by atoms with Crippen molar-refractivity contribution in [3.63, 3.8) is 0 Å². The maximum Gasteiger partial charge on any atom is 0.327 e. The summed E-state index contributed by atoms with van der Waals surface area (Å²) in [4.78, 5) is 27.4. The molecule has 34 heavy (non-hydrogen) atoms. The zero-order valence-corrected chi connectivity index (χ0v) is 22.3. The van der Waals surface area contributed by atoms with Crippen molar-refractivity contribution < 1.29 is 23.4 Å². The van der Waals surface area contributed by atoms with Crippen LogP contribution in [0.2, 0.25) is 5.02 Å². The van der Waals surface area contributed by atoms with Gasteiger partial charge in [-0.1, -0.05) is 16.8 Å². The number of hydrogen-bond acceptors (Lipinski definition) is 8. The van der Waals surface area contributed by atoms with Gasteiger partial charge in [0.25, 0.3) is 0 Å². The van der Waals surface area contributed by atoms with Gasteiger partial charge in [-0.25, -0.2) is 0 Å². The van der Waals surface area contributed by atoms with Crippen molar-refractivity contribution in [2.45, 2.75) is 52.7 Å². The molecule has 0 aliphatic rings. The Kier molecular flexibility index (Phi) is 8.26. The van der Waals surface area contributed by atoms with Gasteiger partial charge in [0.15, 0.2) is 5.78 Å². The minimum Gasteiger partial charge on any atom is -0.598 e. The monoisotopic (exact) mass is 522 g/mol. The highest BCUT2D eigenvalue weighted by Crippen LogP contribution is 2.43. The summed E-state index contributed by atoms with van der Waals surface area (Å²) in [5.41, 5.74) is 2.82. The van der Waals surface area contributed by atoms with E-state index in [2.05, 4.69) is 9.88 Å². The summed E-state index contributed by atoms with van der Waals surface area (Å²) in [6.45, 7) is 11.2. The van der Waals surface area contributed by atoms with Crippen LogP contribution in [0.15, 0.2) is 28.8 Å². The van der Waals surface area contributed by atoms with Gasteiger partial charge in [0.05, 0.1) is 23.5 Å². The van der Waals surface area contributed by atoms with Gasteiger partial charge in [0, 0.05) is 32.4 Å². The van der Waals surface area contributed by atoms with Crippen molar-refractivity contribution in [1.29, 1.82) is 0 Å². The van der Waals surface area contributed by atoms with E-state index in [1.54, 1.807) is 31.2 Å². The lowest BCUT2D eigenvalue weighted by atomic mass is 9.97. The number of aromatic nitrogens is 1. The molecular formula is C24H27ClN2O5S2. The first-order chi connectivity index (χ1) is 15.9. The van der Waals surface area contributed by atoms with Gasteiger partial charge < -0.3 is 13.8 Å². The van der Waals surface area contributed by atoms with Gasteiger partial charge in [-0.3, -0.25) is 9.59 Å². The van der Waals surface area contributed by atoms with Crippen LogP contribution in [0.4, 0.5) is 0 Å². The van der Waals surface area contributed by atoms with Gasteiger partial charge >= 0.3 is 11.9 Å². The van der Waals surface area contributed by atoms with Crippen molar-refractivity contribution in [3.05, 3.63) is 56.5 Å². The van der Waals surface area contributed by atoms with Crippen LogP contribution in [-0.2, 0) is 16.2 Å². The van der Waals surface area contributed by atoms with E-state index in [0.717, 1.165) is 10.4 Å². The van der Waals surface area contributed by atoms with Gasteiger partial charge in [-0.2, -0.15) is 0 Å². The predicted molar refractivity (Wildman–Crippen MR) is 135 cm³/mol. The second-order valence-electron chi connectivity index (χ2n) is 8.75. The Labute approximate surface area is 211 Å². The van der Waals surface area contributed by atoms with Crippen molar-refractivity contribution in [3.8, 4) is 16.4 Å². The molecule has 0 fully saturated rings. The van der Waals surface area contributed by atoms with Gasteiger partial charge in [0.1, 0.15) is 10.3 Å². The highest BCUT2D eigenvalue weighted by molar-refractivity contribution is 7.90. The number of carbonyl (C=O) groups excluding carboxylic acids is 2. The molecule has 0 saturated carbocycles. The molecule has 3 aromatic rings. The Bertz CT molecular complexity index is 1200. The number of hydrogen-bond donors (Lipinski definition) is 1. The quantitative estimate of drug-likeness (QED) is 0.234. The SMILES string of the molecule is Cc1noc(OC(=O)CCN[S@+]([O-])C(C)(C)C)c1-c1sc(C)c(C)c1C(=O)c1ccc(Cl)cc1. The van der Waals surface area contributed by atoms with E-state index in [1.165, 1.54) is 11.3 Å². The van der Waals surface area contributed by atoms with E-state index in [9.17, 15) is 14.1 Å². The first kappa shape index (κ1) is 26.4. The Balaban J connectivity index is 1.86. The lowest BCUT2D eigenvalue weighted by molar-refractivity contribution is -0.135. The van der Waals surface area contributed by atoms with Crippen LogP contribution in [-0.4, -0.2) is 32.8 Å². The number of esters is 1. The number of thiophene rings is 1. The van der Waals surface area contributed by atoms with Crippen LogP contribution in [0.25, 0.3) is 10.4 Å². The molecule has 10 heteroatoms. The van der Waals surface area contributed by atoms with Crippen molar-refractivity contribution in [2.75, 3.05) is 6.54 Å². The second kappa shape index (κ2) is 10.6. The molecule has 2 aromatic heterocycles. The van der Waals surface area contributed by atoms with Crippen molar-refractivity contribution >= 4 is 46.1 Å². The van der Waals surface area contributed by atoms with Crippen LogP contribution in [0.1, 0.15) is 59.2 Å². The van der Waals surface area contributed by atoms with E-state index >= 15 is 0 Å². The molecule has 2 heterocycles. The third-order valence-electron chi connectivity index (χ3n) is 5.10. The summed E-state index contributed by atoms with van der Waals surface area (Å²) >= 11 is 6.09. The second-order valence-corrected chi connectivity index (χ2v) is 12.5. The summed E-state index contributed by atoms with van der Waals surface area (Å²) in [6.07, 6.45) is -0.0138. The normalized spacial score (nSPS) is 12.6. The first-order valence-corrected chi connectivity index (χ1v) is 13.0. The molecule has 0 aliphatic heterocycles. The largest absolute Gasteiger partial charge is 0.598 e. The number of aryl methyl sites for hydroxylation is 2. The fourth-order valence-electron chi connectivity index (χ4n) is 3.11.